The van der Waals surface area contributed by atoms with E-state index in [1.54, 1.807) is 12.1 Å². The van der Waals surface area contributed by atoms with E-state index in [1.807, 2.05) is 36.6 Å². The van der Waals surface area contributed by atoms with Gasteiger partial charge in [0.1, 0.15) is 23.9 Å². The first kappa shape index (κ1) is 33.6. The lowest BCUT2D eigenvalue weighted by Gasteiger charge is -2.29. The maximum atomic E-state index is 13.6. The molecule has 8 N–H and O–H groups in total. The summed E-state index contributed by atoms with van der Waals surface area (Å²) in [5, 5.41) is 17.2. The first-order valence-electron chi connectivity index (χ1n) is 14.1. The monoisotopic (exact) mass is 612 g/mol. The van der Waals surface area contributed by atoms with Crippen LogP contribution in [-0.2, 0) is 36.8 Å². The molecule has 0 saturated carbocycles. The summed E-state index contributed by atoms with van der Waals surface area (Å²) in [5.74, 6) is -2.22. The zero-order chi connectivity index (χ0) is 31.4. The van der Waals surface area contributed by atoms with Crippen LogP contribution < -0.4 is 27.4 Å². The number of nitrogens with zero attached hydrogens (tertiary/aromatic N) is 1. The summed E-state index contributed by atoms with van der Waals surface area (Å²) in [4.78, 5) is 66.5. The number of carbonyl (C=O) groups excluding carboxylic acids is 5. The van der Waals surface area contributed by atoms with Gasteiger partial charge in [0.2, 0.25) is 29.5 Å². The second kappa shape index (κ2) is 16.6. The van der Waals surface area contributed by atoms with Gasteiger partial charge >= 0.3 is 0 Å². The van der Waals surface area contributed by atoms with Crippen molar-refractivity contribution in [3.05, 3.63) is 65.7 Å². The van der Waals surface area contributed by atoms with Crippen LogP contribution in [0.1, 0.15) is 30.4 Å². The van der Waals surface area contributed by atoms with Crippen LogP contribution in [0.25, 0.3) is 0 Å². The van der Waals surface area contributed by atoms with E-state index in [0.717, 1.165) is 11.1 Å². The summed E-state index contributed by atoms with van der Waals surface area (Å²) in [6, 6.07) is 11.6. The van der Waals surface area contributed by atoms with Gasteiger partial charge in [-0.1, -0.05) is 42.5 Å². The van der Waals surface area contributed by atoms with Crippen molar-refractivity contribution in [2.45, 2.75) is 56.3 Å². The fourth-order valence-corrected chi connectivity index (χ4v) is 5.33. The number of rotatable bonds is 14. The van der Waals surface area contributed by atoms with Crippen molar-refractivity contribution in [1.29, 1.82) is 0 Å². The van der Waals surface area contributed by atoms with E-state index in [2.05, 4.69) is 16.0 Å². The molecule has 1 fully saturated rings. The van der Waals surface area contributed by atoms with E-state index in [-0.39, 0.29) is 38.1 Å². The number of hydrogen-bond acceptors (Lipinski definition) is 9. The van der Waals surface area contributed by atoms with Crippen molar-refractivity contribution >= 4 is 41.3 Å². The van der Waals surface area contributed by atoms with Gasteiger partial charge in [0, 0.05) is 13.0 Å². The average molecular weight is 613 g/mol. The van der Waals surface area contributed by atoms with Crippen LogP contribution in [0.2, 0.25) is 0 Å². The lowest BCUT2D eigenvalue weighted by Crippen LogP contribution is -2.57. The fourth-order valence-electron chi connectivity index (χ4n) is 4.86. The van der Waals surface area contributed by atoms with Gasteiger partial charge in [0.05, 0.1) is 12.6 Å². The van der Waals surface area contributed by atoms with Gasteiger partial charge in [-0.3, -0.25) is 29.3 Å². The molecule has 0 bridgehead atoms. The number of phenolic OH excluding ortho intramolecular Hbond substituents is 1. The summed E-state index contributed by atoms with van der Waals surface area (Å²) in [5.41, 5.74) is 13.1. The maximum absolute atomic E-state index is 13.6. The van der Waals surface area contributed by atoms with E-state index >= 15 is 0 Å². The maximum Gasteiger partial charge on any atom is 0.249 e. The number of phenols is 1. The zero-order valence-corrected chi connectivity index (χ0v) is 25.0. The second-order valence-electron chi connectivity index (χ2n) is 10.4. The molecule has 2 aromatic rings. The normalized spacial score (nSPS) is 16.5. The van der Waals surface area contributed by atoms with E-state index in [4.69, 9.17) is 11.5 Å². The van der Waals surface area contributed by atoms with Crippen molar-refractivity contribution < 1.29 is 29.1 Å². The molecule has 1 heterocycles. The molecule has 4 atom stereocenters. The average Bonchev–Trinajstić information content (AvgIpc) is 3.50. The molecule has 43 heavy (non-hydrogen) atoms. The molecule has 0 radical (unpaired) electrons. The van der Waals surface area contributed by atoms with Gasteiger partial charge in [-0.05, 0) is 61.0 Å². The van der Waals surface area contributed by atoms with Crippen molar-refractivity contribution in [3.63, 3.8) is 0 Å². The van der Waals surface area contributed by atoms with Crippen LogP contribution >= 0.6 is 11.8 Å². The standard InChI is InChI=1S/C30H40N6O6S/c1-43-15-13-23(34-27(39)22(32)16-20-9-11-21(37)12-10-20)28(40)35-29(41)25-8-5-14-36(25)30(42)24(33-26(38)18-31)17-19-6-3-2-4-7-19/h2-4,6-7,9-12,22-25,37H,5,8,13-18,31-32H2,1H3,(H,33,38)(H,34,39)(H,35,40,41)/t22-,23+,24-,25-/m0/s1. The number of imide groups is 1. The molecule has 3 rings (SSSR count). The Morgan fingerprint density at radius 2 is 1.63 bits per heavy atom. The van der Waals surface area contributed by atoms with Crippen LogP contribution in [-0.4, -0.2) is 88.8 Å². The molecule has 0 spiro atoms. The Balaban J connectivity index is 1.66. The van der Waals surface area contributed by atoms with Crippen LogP contribution in [0.15, 0.2) is 54.6 Å². The Bertz CT molecular complexity index is 1260. The van der Waals surface area contributed by atoms with E-state index in [0.29, 0.717) is 18.6 Å². The van der Waals surface area contributed by atoms with Crippen LogP contribution in [0.5, 0.6) is 5.75 Å². The zero-order valence-electron chi connectivity index (χ0n) is 24.2. The second-order valence-corrected chi connectivity index (χ2v) is 11.4. The highest BCUT2D eigenvalue weighted by Gasteiger charge is 2.39. The fraction of sp³-hybridized carbons (Fsp3) is 0.433. The van der Waals surface area contributed by atoms with Crippen molar-refractivity contribution in [3.8, 4) is 5.75 Å². The molecular weight excluding hydrogens is 572 g/mol. The molecule has 1 aliphatic heterocycles. The molecule has 5 amide bonds. The Morgan fingerprint density at radius 1 is 0.953 bits per heavy atom. The SMILES string of the molecule is CSCC[C@@H](NC(=O)[C@@H](N)Cc1ccc(O)cc1)C(=O)NC(=O)[C@@H]1CCCN1C(=O)[C@H](Cc1ccccc1)NC(=O)CN. The van der Waals surface area contributed by atoms with Gasteiger partial charge in [-0.15, -0.1) is 0 Å². The van der Waals surface area contributed by atoms with Gasteiger partial charge in [-0.25, -0.2) is 0 Å². The predicted octanol–water partition coefficient (Wildman–Crippen LogP) is -0.180. The molecule has 0 unspecified atom stereocenters. The Morgan fingerprint density at radius 3 is 2.28 bits per heavy atom. The number of nitrogens with one attached hydrogen (secondary N) is 3. The Kier molecular flexibility index (Phi) is 13.0. The number of aromatic hydroxyl groups is 1. The molecule has 0 aliphatic carbocycles. The Labute approximate surface area is 255 Å². The molecule has 2 aromatic carbocycles. The molecule has 1 aliphatic rings. The van der Waals surface area contributed by atoms with Gasteiger partial charge in [0.25, 0.3) is 0 Å². The highest BCUT2D eigenvalue weighted by molar-refractivity contribution is 7.98. The first-order valence-corrected chi connectivity index (χ1v) is 15.5. The minimum Gasteiger partial charge on any atom is -0.508 e. The highest BCUT2D eigenvalue weighted by Crippen LogP contribution is 2.20. The summed E-state index contributed by atoms with van der Waals surface area (Å²) in [6.45, 7) is -0.00755. The van der Waals surface area contributed by atoms with Gasteiger partial charge in [0.15, 0.2) is 0 Å². The minimum atomic E-state index is -1.02. The summed E-state index contributed by atoms with van der Waals surface area (Å²) >= 11 is 1.48. The van der Waals surface area contributed by atoms with E-state index in [9.17, 15) is 29.1 Å². The van der Waals surface area contributed by atoms with Crippen LogP contribution in [0.3, 0.4) is 0 Å². The Hall–Kier alpha value is -3.94. The number of carbonyl (C=O) groups is 5. The summed E-state index contributed by atoms with van der Waals surface area (Å²) < 4.78 is 0. The number of benzene rings is 2. The number of likely N-dealkylation sites (tertiary alicyclic amines) is 1. The topological polar surface area (TPSA) is 197 Å². The van der Waals surface area contributed by atoms with Crippen LogP contribution in [0.4, 0.5) is 0 Å². The smallest absolute Gasteiger partial charge is 0.249 e. The van der Waals surface area contributed by atoms with Gasteiger partial charge < -0.3 is 32.1 Å². The molecule has 232 valence electrons. The lowest BCUT2D eigenvalue weighted by atomic mass is 10.0. The minimum absolute atomic E-state index is 0.0924. The largest absolute Gasteiger partial charge is 0.508 e. The van der Waals surface area contributed by atoms with Gasteiger partial charge in [-0.2, -0.15) is 11.8 Å². The lowest BCUT2D eigenvalue weighted by molar-refractivity contribution is -0.143. The third-order valence-corrected chi connectivity index (χ3v) is 7.80. The molecule has 0 aromatic heterocycles. The summed E-state index contributed by atoms with van der Waals surface area (Å²) in [7, 11) is 0. The number of amides is 5. The summed E-state index contributed by atoms with van der Waals surface area (Å²) in [6.07, 6.45) is 3.40. The van der Waals surface area contributed by atoms with Crippen molar-refractivity contribution in [2.24, 2.45) is 11.5 Å². The van der Waals surface area contributed by atoms with E-state index < -0.39 is 53.7 Å². The van der Waals surface area contributed by atoms with Crippen LogP contribution in [0, 0.1) is 0 Å². The van der Waals surface area contributed by atoms with Crippen molar-refractivity contribution in [2.75, 3.05) is 25.1 Å². The third-order valence-electron chi connectivity index (χ3n) is 7.16. The molecule has 13 heteroatoms. The molecular formula is C30H40N6O6S. The third kappa shape index (κ3) is 10.1. The molecule has 1 saturated heterocycles. The molecule has 12 nitrogen and oxygen atoms in total. The predicted molar refractivity (Wildman–Crippen MR) is 164 cm³/mol. The highest BCUT2D eigenvalue weighted by atomic mass is 32.2. The first-order chi connectivity index (χ1) is 20.6. The number of thioether (sulfide) groups is 1. The quantitative estimate of drug-likeness (QED) is 0.168. The number of hydrogen-bond donors (Lipinski definition) is 6. The number of nitrogens with two attached hydrogens (primary N) is 2. The van der Waals surface area contributed by atoms with Crippen molar-refractivity contribution in [1.82, 2.24) is 20.9 Å². The van der Waals surface area contributed by atoms with E-state index in [1.165, 1.54) is 28.8 Å².